The molecule has 6 heteroatoms. The number of hydrogen-bond acceptors (Lipinski definition) is 4. The lowest BCUT2D eigenvalue weighted by Gasteiger charge is -2.10. The molecule has 0 aliphatic rings. The number of rotatable bonds is 2. The van der Waals surface area contributed by atoms with Gasteiger partial charge in [-0.3, -0.25) is 4.79 Å². The van der Waals surface area contributed by atoms with Gasteiger partial charge in [-0.15, -0.1) is 0 Å². The predicted molar refractivity (Wildman–Crippen MR) is 58.1 cm³/mol. The van der Waals surface area contributed by atoms with Crippen LogP contribution in [-0.2, 0) is 0 Å². The number of aromatic nitrogens is 4. The largest absolute Gasteiger partial charge is 0.493 e. The summed E-state index contributed by atoms with van der Waals surface area (Å²) >= 11 is 0. The van der Waals surface area contributed by atoms with Crippen LogP contribution in [0.25, 0.3) is 11.5 Å². The molecular formula is C10H12N4O2. The van der Waals surface area contributed by atoms with Crippen molar-refractivity contribution in [2.24, 2.45) is 0 Å². The number of imidazole rings is 1. The van der Waals surface area contributed by atoms with E-state index >= 15 is 0 Å². The first-order valence-electron chi connectivity index (χ1n) is 4.90. The number of aromatic amines is 1. The minimum atomic E-state index is -0.390. The molecule has 2 heterocycles. The lowest BCUT2D eigenvalue weighted by Crippen LogP contribution is -2.09. The molecule has 0 saturated carbocycles. The summed E-state index contributed by atoms with van der Waals surface area (Å²) in [6, 6.07) is 1.23. The van der Waals surface area contributed by atoms with Gasteiger partial charge in [-0.05, 0) is 13.8 Å². The monoisotopic (exact) mass is 220 g/mol. The lowest BCUT2D eigenvalue weighted by atomic mass is 10.3. The van der Waals surface area contributed by atoms with Crippen LogP contribution in [0.15, 0.2) is 23.4 Å². The Kier molecular flexibility index (Phi) is 2.47. The van der Waals surface area contributed by atoms with Gasteiger partial charge in [-0.1, -0.05) is 0 Å². The fourth-order valence-electron chi connectivity index (χ4n) is 1.47. The van der Waals surface area contributed by atoms with Gasteiger partial charge >= 0.3 is 0 Å². The predicted octanol–water partition coefficient (Wildman–Crippen LogP) is 0.920. The van der Waals surface area contributed by atoms with Crippen molar-refractivity contribution in [2.75, 3.05) is 0 Å². The Morgan fingerprint density at radius 2 is 2.25 bits per heavy atom. The second kappa shape index (κ2) is 3.80. The maximum absolute atomic E-state index is 11.2. The molecule has 0 aromatic carbocycles. The van der Waals surface area contributed by atoms with E-state index in [1.54, 1.807) is 12.5 Å². The van der Waals surface area contributed by atoms with Gasteiger partial charge in [0.15, 0.2) is 5.82 Å². The van der Waals surface area contributed by atoms with Crippen molar-refractivity contribution >= 4 is 0 Å². The van der Waals surface area contributed by atoms with Crippen molar-refractivity contribution in [3.63, 3.8) is 0 Å². The van der Waals surface area contributed by atoms with Gasteiger partial charge in [0.25, 0.3) is 5.56 Å². The molecule has 2 aromatic heterocycles. The maximum Gasteiger partial charge on any atom is 0.255 e. The van der Waals surface area contributed by atoms with E-state index in [1.807, 2.05) is 18.4 Å². The number of hydrogen-bond donors (Lipinski definition) is 2. The molecule has 0 unspecified atom stereocenters. The van der Waals surface area contributed by atoms with E-state index < -0.39 is 0 Å². The highest BCUT2D eigenvalue weighted by Crippen LogP contribution is 2.18. The fraction of sp³-hybridized carbons (Fsp3) is 0.300. The number of H-pyrrole nitrogens is 1. The summed E-state index contributed by atoms with van der Waals surface area (Å²) in [7, 11) is 0. The third-order valence-corrected chi connectivity index (χ3v) is 2.19. The van der Waals surface area contributed by atoms with Gasteiger partial charge < -0.3 is 14.7 Å². The Balaban J connectivity index is 2.58. The van der Waals surface area contributed by atoms with Crippen molar-refractivity contribution in [3.8, 4) is 17.4 Å². The van der Waals surface area contributed by atoms with E-state index in [0.29, 0.717) is 11.5 Å². The molecule has 0 fully saturated rings. The van der Waals surface area contributed by atoms with Crippen LogP contribution in [0.2, 0.25) is 0 Å². The summed E-state index contributed by atoms with van der Waals surface area (Å²) in [4.78, 5) is 21.6. The molecule has 2 rings (SSSR count). The number of nitrogens with zero attached hydrogens (tertiary/aromatic N) is 3. The highest BCUT2D eigenvalue weighted by Gasteiger charge is 2.10. The van der Waals surface area contributed by atoms with Crippen LogP contribution in [0, 0.1) is 0 Å². The molecule has 2 N–H and O–H groups in total. The first-order chi connectivity index (χ1) is 7.58. The Labute approximate surface area is 91.6 Å². The Morgan fingerprint density at radius 1 is 1.50 bits per heavy atom. The SMILES string of the molecule is CC(C)n1cncc1-c1nc(O)cc(=O)[nH]1. The first-order valence-corrected chi connectivity index (χ1v) is 4.90. The summed E-state index contributed by atoms with van der Waals surface area (Å²) in [6.45, 7) is 3.98. The van der Waals surface area contributed by atoms with Crippen molar-refractivity contribution in [1.82, 2.24) is 19.5 Å². The van der Waals surface area contributed by atoms with Crippen LogP contribution in [0.3, 0.4) is 0 Å². The molecular weight excluding hydrogens is 208 g/mol. The van der Waals surface area contributed by atoms with Crippen LogP contribution in [-0.4, -0.2) is 24.6 Å². The Hall–Kier alpha value is -2.11. The van der Waals surface area contributed by atoms with E-state index in [2.05, 4.69) is 15.0 Å². The minimum Gasteiger partial charge on any atom is -0.493 e. The van der Waals surface area contributed by atoms with Crippen molar-refractivity contribution < 1.29 is 5.11 Å². The second-order valence-electron chi connectivity index (χ2n) is 3.73. The van der Waals surface area contributed by atoms with E-state index in [1.165, 1.54) is 0 Å². The van der Waals surface area contributed by atoms with Crippen LogP contribution >= 0.6 is 0 Å². The number of aromatic hydroxyl groups is 1. The van der Waals surface area contributed by atoms with Gasteiger partial charge in [0, 0.05) is 6.04 Å². The van der Waals surface area contributed by atoms with E-state index in [0.717, 1.165) is 6.07 Å². The lowest BCUT2D eigenvalue weighted by molar-refractivity contribution is 0.451. The second-order valence-corrected chi connectivity index (χ2v) is 3.73. The maximum atomic E-state index is 11.2. The summed E-state index contributed by atoms with van der Waals surface area (Å²) < 4.78 is 1.86. The molecule has 0 bridgehead atoms. The number of nitrogens with one attached hydrogen (secondary N) is 1. The quantitative estimate of drug-likeness (QED) is 0.788. The highest BCUT2D eigenvalue weighted by atomic mass is 16.3. The molecule has 0 amide bonds. The van der Waals surface area contributed by atoms with Gasteiger partial charge in [-0.25, -0.2) is 4.98 Å². The zero-order valence-corrected chi connectivity index (χ0v) is 9.01. The third-order valence-electron chi connectivity index (χ3n) is 2.19. The van der Waals surface area contributed by atoms with Gasteiger partial charge in [-0.2, -0.15) is 4.98 Å². The standard InChI is InChI=1S/C10H12N4O2/c1-6(2)14-5-11-4-7(14)10-12-8(15)3-9(16)13-10/h3-6H,1-2H3,(H2,12,13,15,16). The van der Waals surface area contributed by atoms with Crippen LogP contribution < -0.4 is 5.56 Å². The summed E-state index contributed by atoms with van der Waals surface area (Å²) in [5.41, 5.74) is 0.280. The van der Waals surface area contributed by atoms with Crippen molar-refractivity contribution in [3.05, 3.63) is 28.9 Å². The zero-order chi connectivity index (χ0) is 11.7. The highest BCUT2D eigenvalue weighted by molar-refractivity contribution is 5.49. The molecule has 6 nitrogen and oxygen atoms in total. The summed E-state index contributed by atoms with van der Waals surface area (Å²) in [5, 5.41) is 9.26. The molecule has 0 aliphatic heterocycles. The smallest absolute Gasteiger partial charge is 0.255 e. The fourth-order valence-corrected chi connectivity index (χ4v) is 1.47. The Morgan fingerprint density at radius 3 is 2.88 bits per heavy atom. The van der Waals surface area contributed by atoms with E-state index in [9.17, 15) is 9.90 Å². The molecule has 0 saturated heterocycles. The van der Waals surface area contributed by atoms with Crippen LogP contribution in [0.5, 0.6) is 5.88 Å². The van der Waals surface area contributed by atoms with Gasteiger partial charge in [0.1, 0.15) is 5.69 Å². The Bertz CT molecular complexity index is 556. The van der Waals surface area contributed by atoms with Crippen LogP contribution in [0.1, 0.15) is 19.9 Å². The molecule has 0 radical (unpaired) electrons. The summed E-state index contributed by atoms with van der Waals surface area (Å²) in [5.74, 6) is 0.0199. The zero-order valence-electron chi connectivity index (χ0n) is 9.01. The average molecular weight is 220 g/mol. The summed E-state index contributed by atoms with van der Waals surface area (Å²) in [6.07, 6.45) is 3.25. The molecule has 16 heavy (non-hydrogen) atoms. The third kappa shape index (κ3) is 1.81. The van der Waals surface area contributed by atoms with Crippen molar-refractivity contribution in [1.29, 1.82) is 0 Å². The van der Waals surface area contributed by atoms with Gasteiger partial charge in [0.2, 0.25) is 5.88 Å². The molecule has 0 atom stereocenters. The van der Waals surface area contributed by atoms with Gasteiger partial charge in [0.05, 0.1) is 18.6 Å². The average Bonchev–Trinajstić information content (AvgIpc) is 2.63. The molecule has 2 aromatic rings. The molecule has 84 valence electrons. The van der Waals surface area contributed by atoms with Crippen molar-refractivity contribution in [2.45, 2.75) is 19.9 Å². The van der Waals surface area contributed by atoms with E-state index in [-0.39, 0.29) is 17.5 Å². The van der Waals surface area contributed by atoms with Crippen LogP contribution in [0.4, 0.5) is 0 Å². The first kappa shape index (κ1) is 10.4. The molecule has 0 aliphatic carbocycles. The normalized spacial score (nSPS) is 10.9. The minimum absolute atomic E-state index is 0.199. The topological polar surface area (TPSA) is 83.8 Å². The molecule has 0 spiro atoms. The van der Waals surface area contributed by atoms with E-state index in [4.69, 9.17) is 0 Å².